The molecule has 0 fully saturated rings. The first kappa shape index (κ1) is 15.3. The van der Waals surface area contributed by atoms with Crippen molar-refractivity contribution >= 4 is 23.3 Å². The monoisotopic (exact) mass is 312 g/mol. The molecule has 3 rings (SSSR count). The SMILES string of the molecule is CC(C)(O)c1c(Cl)cccc1C1=Cc2ccccc2C1(C)C. The molecule has 1 aliphatic rings. The molecular weight excluding hydrogens is 292 g/mol. The van der Waals surface area contributed by atoms with E-state index in [9.17, 15) is 5.11 Å². The molecule has 0 radical (unpaired) electrons. The molecule has 0 heterocycles. The maximum Gasteiger partial charge on any atom is 0.0860 e. The number of allylic oxidation sites excluding steroid dienone is 1. The van der Waals surface area contributed by atoms with E-state index in [4.69, 9.17) is 11.6 Å². The summed E-state index contributed by atoms with van der Waals surface area (Å²) in [6.45, 7) is 8.01. The van der Waals surface area contributed by atoms with Crippen LogP contribution in [0.25, 0.3) is 11.6 Å². The highest BCUT2D eigenvalue weighted by Crippen LogP contribution is 2.49. The molecular formula is C20H21ClO. The van der Waals surface area contributed by atoms with E-state index in [1.54, 1.807) is 13.8 Å². The zero-order valence-electron chi connectivity index (χ0n) is 13.4. The Labute approximate surface area is 137 Å². The lowest BCUT2D eigenvalue weighted by atomic mass is 9.76. The molecule has 114 valence electrons. The van der Waals surface area contributed by atoms with E-state index in [2.05, 4.69) is 50.3 Å². The van der Waals surface area contributed by atoms with Crippen molar-refractivity contribution < 1.29 is 5.11 Å². The fraction of sp³-hybridized carbons (Fsp3) is 0.300. The predicted molar refractivity (Wildman–Crippen MR) is 94.0 cm³/mol. The number of fused-ring (bicyclic) bond motifs is 1. The van der Waals surface area contributed by atoms with Crippen molar-refractivity contribution in [1.82, 2.24) is 0 Å². The van der Waals surface area contributed by atoms with Crippen molar-refractivity contribution in [3.05, 3.63) is 69.7 Å². The Bertz CT molecular complexity index is 764. The van der Waals surface area contributed by atoms with Gasteiger partial charge >= 0.3 is 0 Å². The van der Waals surface area contributed by atoms with E-state index in [0.29, 0.717) is 5.02 Å². The molecule has 2 aromatic rings. The third kappa shape index (κ3) is 2.29. The smallest absolute Gasteiger partial charge is 0.0860 e. The van der Waals surface area contributed by atoms with Gasteiger partial charge in [-0.2, -0.15) is 0 Å². The molecule has 1 N–H and O–H groups in total. The third-order valence-corrected chi connectivity index (χ3v) is 4.84. The van der Waals surface area contributed by atoms with Gasteiger partial charge in [-0.25, -0.2) is 0 Å². The molecule has 22 heavy (non-hydrogen) atoms. The van der Waals surface area contributed by atoms with Gasteiger partial charge in [-0.15, -0.1) is 0 Å². The van der Waals surface area contributed by atoms with Crippen molar-refractivity contribution in [3.63, 3.8) is 0 Å². The van der Waals surface area contributed by atoms with Gasteiger partial charge in [0, 0.05) is 16.0 Å². The van der Waals surface area contributed by atoms with Crippen LogP contribution in [0.1, 0.15) is 49.9 Å². The fourth-order valence-electron chi connectivity index (χ4n) is 3.46. The number of hydrogen-bond acceptors (Lipinski definition) is 1. The number of aliphatic hydroxyl groups is 1. The van der Waals surface area contributed by atoms with E-state index >= 15 is 0 Å². The summed E-state index contributed by atoms with van der Waals surface area (Å²) < 4.78 is 0. The maximum absolute atomic E-state index is 10.6. The van der Waals surface area contributed by atoms with Crippen molar-refractivity contribution in [3.8, 4) is 0 Å². The summed E-state index contributed by atoms with van der Waals surface area (Å²) >= 11 is 6.41. The second-order valence-electron chi connectivity index (χ2n) is 6.99. The Morgan fingerprint density at radius 3 is 2.32 bits per heavy atom. The van der Waals surface area contributed by atoms with Crippen molar-refractivity contribution in [2.24, 2.45) is 0 Å². The number of rotatable bonds is 2. The first-order valence-corrected chi connectivity index (χ1v) is 7.94. The molecule has 1 aliphatic carbocycles. The van der Waals surface area contributed by atoms with E-state index < -0.39 is 5.60 Å². The second kappa shape index (κ2) is 4.97. The average Bonchev–Trinajstić information content (AvgIpc) is 2.69. The van der Waals surface area contributed by atoms with Crippen LogP contribution in [0.5, 0.6) is 0 Å². The quantitative estimate of drug-likeness (QED) is 0.787. The molecule has 0 bridgehead atoms. The van der Waals surface area contributed by atoms with Gasteiger partial charge in [-0.05, 0) is 48.3 Å². The molecule has 0 saturated heterocycles. The van der Waals surface area contributed by atoms with Crippen LogP contribution in [0.15, 0.2) is 42.5 Å². The Hall–Kier alpha value is -1.57. The van der Waals surface area contributed by atoms with Crippen LogP contribution in [0, 0.1) is 0 Å². The molecule has 1 nitrogen and oxygen atoms in total. The fourth-order valence-corrected chi connectivity index (χ4v) is 3.86. The van der Waals surface area contributed by atoms with E-state index in [-0.39, 0.29) is 5.41 Å². The lowest BCUT2D eigenvalue weighted by Crippen LogP contribution is -2.22. The van der Waals surface area contributed by atoms with Gasteiger partial charge in [0.25, 0.3) is 0 Å². The predicted octanol–water partition coefficient (Wildman–Crippen LogP) is 5.40. The molecule has 0 aromatic heterocycles. The normalized spacial score (nSPS) is 16.4. The first-order chi connectivity index (χ1) is 10.2. The van der Waals surface area contributed by atoms with Crippen molar-refractivity contribution in [2.75, 3.05) is 0 Å². The highest BCUT2D eigenvalue weighted by Gasteiger charge is 2.36. The van der Waals surface area contributed by atoms with Crippen LogP contribution >= 0.6 is 11.6 Å². The zero-order chi connectivity index (χ0) is 16.1. The minimum Gasteiger partial charge on any atom is -0.386 e. The minimum absolute atomic E-state index is 0.110. The summed E-state index contributed by atoms with van der Waals surface area (Å²) in [5, 5.41) is 11.2. The van der Waals surface area contributed by atoms with E-state index in [0.717, 1.165) is 11.1 Å². The summed E-state index contributed by atoms with van der Waals surface area (Å²) in [5.74, 6) is 0. The van der Waals surface area contributed by atoms with Crippen LogP contribution in [0.2, 0.25) is 5.02 Å². The summed E-state index contributed by atoms with van der Waals surface area (Å²) in [4.78, 5) is 0. The van der Waals surface area contributed by atoms with Gasteiger partial charge in [0.1, 0.15) is 0 Å². The Morgan fingerprint density at radius 2 is 1.68 bits per heavy atom. The average molecular weight is 313 g/mol. The molecule has 0 unspecified atom stereocenters. The molecule has 0 spiro atoms. The highest BCUT2D eigenvalue weighted by atomic mass is 35.5. The van der Waals surface area contributed by atoms with Gasteiger partial charge in [-0.3, -0.25) is 0 Å². The van der Waals surface area contributed by atoms with Crippen LogP contribution < -0.4 is 0 Å². The first-order valence-electron chi connectivity index (χ1n) is 7.56. The summed E-state index contributed by atoms with van der Waals surface area (Å²) in [7, 11) is 0. The number of benzene rings is 2. The summed E-state index contributed by atoms with van der Waals surface area (Å²) in [6.07, 6.45) is 2.22. The van der Waals surface area contributed by atoms with E-state index in [1.807, 2.05) is 12.1 Å². The summed E-state index contributed by atoms with van der Waals surface area (Å²) in [5.41, 5.74) is 4.48. The standard InChI is InChI=1S/C20H21ClO/c1-19(2)15-10-6-5-8-13(15)12-16(19)14-9-7-11-17(21)18(14)20(3,4)22/h5-12,22H,1-4H3. The van der Waals surface area contributed by atoms with Crippen LogP contribution in [0.3, 0.4) is 0 Å². The Morgan fingerprint density at radius 1 is 1.00 bits per heavy atom. The lowest BCUT2D eigenvalue weighted by molar-refractivity contribution is 0.0784. The largest absolute Gasteiger partial charge is 0.386 e. The molecule has 2 heteroatoms. The Kier molecular flexibility index (Phi) is 3.47. The topological polar surface area (TPSA) is 20.2 Å². The molecule has 2 aromatic carbocycles. The van der Waals surface area contributed by atoms with Gasteiger partial charge in [0.05, 0.1) is 5.60 Å². The number of halogens is 1. The van der Waals surface area contributed by atoms with Crippen LogP contribution in [0.4, 0.5) is 0 Å². The number of hydrogen-bond donors (Lipinski definition) is 1. The van der Waals surface area contributed by atoms with E-state index in [1.165, 1.54) is 16.7 Å². The maximum atomic E-state index is 10.6. The van der Waals surface area contributed by atoms with Gasteiger partial charge in [0.15, 0.2) is 0 Å². The van der Waals surface area contributed by atoms with Crippen molar-refractivity contribution in [2.45, 2.75) is 38.7 Å². The van der Waals surface area contributed by atoms with Crippen molar-refractivity contribution in [1.29, 1.82) is 0 Å². The minimum atomic E-state index is -0.987. The van der Waals surface area contributed by atoms with Crippen LogP contribution in [-0.2, 0) is 11.0 Å². The highest BCUT2D eigenvalue weighted by molar-refractivity contribution is 6.31. The van der Waals surface area contributed by atoms with Gasteiger partial charge in [0.2, 0.25) is 0 Å². The van der Waals surface area contributed by atoms with Gasteiger partial charge < -0.3 is 5.11 Å². The Balaban J connectivity index is 2.25. The molecule has 0 saturated carbocycles. The van der Waals surface area contributed by atoms with Gasteiger partial charge in [-0.1, -0.05) is 61.8 Å². The molecule has 0 atom stereocenters. The molecule has 0 amide bonds. The second-order valence-corrected chi connectivity index (χ2v) is 7.40. The third-order valence-electron chi connectivity index (χ3n) is 4.52. The molecule has 0 aliphatic heterocycles. The lowest BCUT2D eigenvalue weighted by Gasteiger charge is -2.30. The zero-order valence-corrected chi connectivity index (χ0v) is 14.2. The van der Waals surface area contributed by atoms with Crippen LogP contribution in [-0.4, -0.2) is 5.11 Å². The summed E-state index contributed by atoms with van der Waals surface area (Å²) in [6, 6.07) is 14.3.